The fourth-order valence-corrected chi connectivity index (χ4v) is 0.958. The molecule has 0 aromatic heterocycles. The van der Waals surface area contributed by atoms with E-state index in [-0.39, 0.29) is 12.4 Å². The summed E-state index contributed by atoms with van der Waals surface area (Å²) in [5.41, 5.74) is 0. The summed E-state index contributed by atoms with van der Waals surface area (Å²) in [5.74, 6) is -0.345. The summed E-state index contributed by atoms with van der Waals surface area (Å²) in [4.78, 5) is 21.5. The Morgan fingerprint density at radius 2 is 2.45 bits per heavy atom. The SMILES string of the molecule is COC(=O)C1CCC(=O)CO1. The van der Waals surface area contributed by atoms with Crippen LogP contribution in [0.5, 0.6) is 0 Å². The van der Waals surface area contributed by atoms with Crippen molar-refractivity contribution in [3.05, 3.63) is 0 Å². The molecule has 0 amide bonds. The van der Waals surface area contributed by atoms with Crippen LogP contribution in [-0.2, 0) is 19.1 Å². The lowest BCUT2D eigenvalue weighted by atomic mass is 10.1. The molecule has 1 aliphatic rings. The zero-order valence-electron chi connectivity index (χ0n) is 6.33. The standard InChI is InChI=1S/C7H10O4/c1-10-7(9)6-3-2-5(8)4-11-6/h6H,2-4H2,1H3. The molecule has 4 heteroatoms. The monoisotopic (exact) mass is 158 g/mol. The van der Waals surface area contributed by atoms with Crippen molar-refractivity contribution in [1.29, 1.82) is 0 Å². The van der Waals surface area contributed by atoms with Gasteiger partial charge in [0.25, 0.3) is 0 Å². The molecule has 1 saturated heterocycles. The van der Waals surface area contributed by atoms with Crippen molar-refractivity contribution >= 4 is 11.8 Å². The number of ether oxygens (including phenoxy) is 2. The Morgan fingerprint density at radius 3 is 2.91 bits per heavy atom. The van der Waals surface area contributed by atoms with Crippen molar-refractivity contribution in [2.45, 2.75) is 18.9 Å². The molecule has 1 unspecified atom stereocenters. The Bertz CT molecular complexity index is 165. The molecule has 0 aromatic rings. The first-order chi connectivity index (χ1) is 5.24. The van der Waals surface area contributed by atoms with Gasteiger partial charge in [0.1, 0.15) is 6.61 Å². The highest BCUT2D eigenvalue weighted by Crippen LogP contribution is 2.10. The minimum absolute atomic E-state index is 0.0414. The predicted octanol–water partition coefficient (Wildman–Crippen LogP) is -0.0925. The fourth-order valence-electron chi connectivity index (χ4n) is 0.958. The molecule has 4 nitrogen and oxygen atoms in total. The average molecular weight is 158 g/mol. The predicted molar refractivity (Wildman–Crippen MR) is 36.0 cm³/mol. The lowest BCUT2D eigenvalue weighted by Gasteiger charge is -2.18. The van der Waals surface area contributed by atoms with Crippen LogP contribution in [0.1, 0.15) is 12.8 Å². The van der Waals surface area contributed by atoms with E-state index in [0.717, 1.165) is 0 Å². The van der Waals surface area contributed by atoms with Crippen molar-refractivity contribution in [2.24, 2.45) is 0 Å². The highest BCUT2D eigenvalue weighted by molar-refractivity contribution is 5.83. The average Bonchev–Trinajstić information content (AvgIpc) is 2.05. The quantitative estimate of drug-likeness (QED) is 0.500. The number of hydrogen-bond donors (Lipinski definition) is 0. The number of carbonyl (C=O) groups is 2. The van der Waals surface area contributed by atoms with E-state index in [1.165, 1.54) is 7.11 Å². The Morgan fingerprint density at radius 1 is 1.73 bits per heavy atom. The zero-order valence-corrected chi connectivity index (χ0v) is 6.33. The van der Waals surface area contributed by atoms with Crippen LogP contribution in [0.25, 0.3) is 0 Å². The molecule has 0 radical (unpaired) electrons. The van der Waals surface area contributed by atoms with Gasteiger partial charge in [0.05, 0.1) is 7.11 Å². The third kappa shape index (κ3) is 2.01. The maximum atomic E-state index is 10.8. The molecule has 62 valence electrons. The highest BCUT2D eigenvalue weighted by Gasteiger charge is 2.25. The third-order valence-corrected chi connectivity index (χ3v) is 1.59. The van der Waals surface area contributed by atoms with Gasteiger partial charge in [-0.2, -0.15) is 0 Å². The number of methoxy groups -OCH3 is 1. The smallest absolute Gasteiger partial charge is 0.335 e. The van der Waals surface area contributed by atoms with Gasteiger partial charge in [-0.05, 0) is 6.42 Å². The van der Waals surface area contributed by atoms with Crippen molar-refractivity contribution < 1.29 is 19.1 Å². The maximum absolute atomic E-state index is 10.8. The number of carbonyl (C=O) groups excluding carboxylic acids is 2. The van der Waals surface area contributed by atoms with Gasteiger partial charge >= 0.3 is 5.97 Å². The van der Waals surface area contributed by atoms with Gasteiger partial charge < -0.3 is 9.47 Å². The first kappa shape index (κ1) is 8.20. The van der Waals surface area contributed by atoms with Gasteiger partial charge in [-0.1, -0.05) is 0 Å². The Balaban J connectivity index is 2.39. The molecular formula is C7H10O4. The van der Waals surface area contributed by atoms with Crippen molar-refractivity contribution in [3.8, 4) is 0 Å². The van der Waals surface area contributed by atoms with Crippen LogP contribution in [0.2, 0.25) is 0 Å². The van der Waals surface area contributed by atoms with E-state index in [2.05, 4.69) is 4.74 Å². The van der Waals surface area contributed by atoms with E-state index < -0.39 is 12.1 Å². The zero-order chi connectivity index (χ0) is 8.27. The van der Waals surface area contributed by atoms with Gasteiger partial charge in [-0.15, -0.1) is 0 Å². The fraction of sp³-hybridized carbons (Fsp3) is 0.714. The van der Waals surface area contributed by atoms with Gasteiger partial charge in [-0.3, -0.25) is 4.79 Å². The molecule has 0 aliphatic carbocycles. The Hall–Kier alpha value is -0.900. The molecule has 0 saturated carbocycles. The second kappa shape index (κ2) is 3.48. The number of ketones is 1. The van der Waals surface area contributed by atoms with Crippen molar-refractivity contribution in [1.82, 2.24) is 0 Å². The van der Waals surface area contributed by atoms with E-state index in [0.29, 0.717) is 12.8 Å². The summed E-state index contributed by atoms with van der Waals surface area (Å²) in [6, 6.07) is 0. The van der Waals surface area contributed by atoms with Gasteiger partial charge in [-0.25, -0.2) is 4.79 Å². The molecule has 0 bridgehead atoms. The van der Waals surface area contributed by atoms with E-state index >= 15 is 0 Å². The molecular weight excluding hydrogens is 148 g/mol. The molecule has 1 fully saturated rings. The van der Waals surface area contributed by atoms with E-state index in [1.54, 1.807) is 0 Å². The van der Waals surface area contributed by atoms with E-state index in [4.69, 9.17) is 4.74 Å². The van der Waals surface area contributed by atoms with E-state index in [1.807, 2.05) is 0 Å². The van der Waals surface area contributed by atoms with Gasteiger partial charge in [0, 0.05) is 6.42 Å². The summed E-state index contributed by atoms with van der Waals surface area (Å²) in [5, 5.41) is 0. The van der Waals surface area contributed by atoms with Crippen molar-refractivity contribution in [2.75, 3.05) is 13.7 Å². The minimum Gasteiger partial charge on any atom is -0.467 e. The first-order valence-electron chi connectivity index (χ1n) is 3.45. The second-order valence-corrected chi connectivity index (χ2v) is 2.40. The summed E-state index contributed by atoms with van der Waals surface area (Å²) < 4.78 is 9.37. The molecule has 1 heterocycles. The number of rotatable bonds is 1. The number of hydrogen-bond acceptors (Lipinski definition) is 4. The Kier molecular flexibility index (Phi) is 2.59. The second-order valence-electron chi connectivity index (χ2n) is 2.40. The van der Waals surface area contributed by atoms with Crippen LogP contribution in [0.3, 0.4) is 0 Å². The van der Waals surface area contributed by atoms with Gasteiger partial charge in [0.15, 0.2) is 11.9 Å². The summed E-state index contributed by atoms with van der Waals surface area (Å²) in [6.45, 7) is 0.0414. The number of esters is 1. The number of Topliss-reactive ketones (excluding diaryl/α,β-unsaturated/α-hetero) is 1. The maximum Gasteiger partial charge on any atom is 0.335 e. The lowest BCUT2D eigenvalue weighted by Crippen LogP contribution is -2.33. The van der Waals surface area contributed by atoms with Crippen LogP contribution in [0.15, 0.2) is 0 Å². The molecule has 0 aromatic carbocycles. The summed E-state index contributed by atoms with van der Waals surface area (Å²) >= 11 is 0. The van der Waals surface area contributed by atoms with Crippen LogP contribution in [0, 0.1) is 0 Å². The molecule has 0 N–H and O–H groups in total. The molecule has 1 aliphatic heterocycles. The van der Waals surface area contributed by atoms with Crippen LogP contribution >= 0.6 is 0 Å². The lowest BCUT2D eigenvalue weighted by molar-refractivity contribution is -0.159. The summed E-state index contributed by atoms with van der Waals surface area (Å²) in [6.07, 6.45) is 0.336. The molecule has 1 rings (SSSR count). The third-order valence-electron chi connectivity index (χ3n) is 1.59. The van der Waals surface area contributed by atoms with Gasteiger partial charge in [0.2, 0.25) is 0 Å². The molecule has 1 atom stereocenters. The minimum atomic E-state index is -0.530. The topological polar surface area (TPSA) is 52.6 Å². The van der Waals surface area contributed by atoms with Crippen LogP contribution < -0.4 is 0 Å². The molecule has 0 spiro atoms. The summed E-state index contributed by atoms with van der Waals surface area (Å²) in [7, 11) is 1.31. The van der Waals surface area contributed by atoms with Crippen LogP contribution in [0.4, 0.5) is 0 Å². The Labute approximate surface area is 64.5 Å². The van der Waals surface area contributed by atoms with Crippen LogP contribution in [-0.4, -0.2) is 31.6 Å². The normalized spacial score (nSPS) is 24.8. The van der Waals surface area contributed by atoms with E-state index in [9.17, 15) is 9.59 Å². The largest absolute Gasteiger partial charge is 0.467 e. The first-order valence-corrected chi connectivity index (χ1v) is 3.45. The van der Waals surface area contributed by atoms with Crippen molar-refractivity contribution in [3.63, 3.8) is 0 Å². The molecule has 11 heavy (non-hydrogen) atoms. The highest BCUT2D eigenvalue weighted by atomic mass is 16.6.